The molecule has 1 amide bonds. The predicted octanol–water partition coefficient (Wildman–Crippen LogP) is 2.25. The van der Waals surface area contributed by atoms with Gasteiger partial charge in [-0.05, 0) is 50.0 Å². The largest absolute Gasteiger partial charge is 0.494 e. The molecule has 0 saturated carbocycles. The second-order valence-corrected chi connectivity index (χ2v) is 6.76. The Morgan fingerprint density at radius 2 is 2.11 bits per heavy atom. The van der Waals surface area contributed by atoms with Crippen molar-refractivity contribution < 1.29 is 9.53 Å². The van der Waals surface area contributed by atoms with Crippen molar-refractivity contribution in [3.8, 4) is 5.75 Å². The number of nitrogens with one attached hydrogen (secondary N) is 2. The Morgan fingerprint density at radius 3 is 2.93 bits per heavy atom. The summed E-state index contributed by atoms with van der Waals surface area (Å²) in [5.41, 5.74) is 1.31. The molecule has 2 aromatic rings. The monoisotopic (exact) mass is 372 g/mol. The van der Waals surface area contributed by atoms with Crippen molar-refractivity contribution >= 4 is 18.3 Å². The summed E-state index contributed by atoms with van der Waals surface area (Å²) in [5.74, 6) is 1.82. The van der Waals surface area contributed by atoms with Crippen LogP contribution in [0.2, 0.25) is 0 Å². The van der Waals surface area contributed by atoms with Crippen LogP contribution in [-0.4, -0.2) is 52.3 Å². The first-order chi connectivity index (χ1) is 13.2. The summed E-state index contributed by atoms with van der Waals surface area (Å²) in [6, 6.07) is 8.38. The van der Waals surface area contributed by atoms with Crippen molar-refractivity contribution in [3.63, 3.8) is 0 Å². The van der Waals surface area contributed by atoms with Gasteiger partial charge in [-0.1, -0.05) is 18.6 Å². The van der Waals surface area contributed by atoms with Crippen LogP contribution in [0.15, 0.2) is 24.3 Å². The Bertz CT molecular complexity index is 727. The number of nitrogens with zero attached hydrogens (tertiary/aromatic N) is 4. The van der Waals surface area contributed by atoms with E-state index in [2.05, 4.69) is 43.8 Å². The van der Waals surface area contributed by atoms with Crippen molar-refractivity contribution in [2.45, 2.75) is 32.2 Å². The third kappa shape index (κ3) is 5.96. The number of ether oxygens (including phenoxy) is 1. The Labute approximate surface area is 159 Å². The van der Waals surface area contributed by atoms with E-state index in [9.17, 15) is 4.79 Å². The van der Waals surface area contributed by atoms with E-state index in [-0.39, 0.29) is 5.95 Å². The highest BCUT2D eigenvalue weighted by Gasteiger charge is 2.10. The molecule has 8 nitrogen and oxygen atoms in total. The molecule has 1 fully saturated rings. The Kier molecular flexibility index (Phi) is 7.04. The highest BCUT2D eigenvalue weighted by Crippen LogP contribution is 2.17. The van der Waals surface area contributed by atoms with Gasteiger partial charge < -0.3 is 10.1 Å². The fourth-order valence-corrected chi connectivity index (χ4v) is 3.22. The number of rotatable bonds is 10. The fraction of sp³-hybridized carbons (Fsp3) is 0.526. The average molecular weight is 372 g/mol. The van der Waals surface area contributed by atoms with Crippen molar-refractivity contribution in [2.24, 2.45) is 7.05 Å². The van der Waals surface area contributed by atoms with E-state index in [0.717, 1.165) is 18.7 Å². The molecule has 2 N–H and O–H groups in total. The molecule has 0 aliphatic carbocycles. The Hall–Kier alpha value is -2.61. The van der Waals surface area contributed by atoms with Gasteiger partial charge in [0.2, 0.25) is 18.3 Å². The van der Waals surface area contributed by atoms with Gasteiger partial charge >= 0.3 is 0 Å². The standard InChI is InChI=1S/C19H28N6O2/c1-24-19(22-18(23-24)21-15-26)20-9-6-12-27-17-8-5-7-16(13-17)14-25-10-3-2-4-11-25/h5,7-8,13,15H,2-4,6,9-12,14H2,1H3,(H2,20,21,22,23,26). The molecular weight excluding hydrogens is 344 g/mol. The zero-order chi connectivity index (χ0) is 18.9. The molecule has 27 heavy (non-hydrogen) atoms. The zero-order valence-corrected chi connectivity index (χ0v) is 15.9. The van der Waals surface area contributed by atoms with Crippen molar-refractivity contribution in [3.05, 3.63) is 29.8 Å². The van der Waals surface area contributed by atoms with Crippen LogP contribution in [-0.2, 0) is 18.4 Å². The zero-order valence-electron chi connectivity index (χ0n) is 15.9. The minimum atomic E-state index is 0.289. The predicted molar refractivity (Wildman–Crippen MR) is 105 cm³/mol. The molecule has 3 rings (SSSR count). The van der Waals surface area contributed by atoms with Gasteiger partial charge in [-0.15, -0.1) is 5.10 Å². The molecular formula is C19H28N6O2. The summed E-state index contributed by atoms with van der Waals surface area (Å²) in [4.78, 5) is 17.1. The number of aryl methyl sites for hydroxylation is 1. The molecule has 0 unspecified atom stereocenters. The summed E-state index contributed by atoms with van der Waals surface area (Å²) in [6.07, 6.45) is 5.37. The lowest BCUT2D eigenvalue weighted by molar-refractivity contribution is -0.105. The van der Waals surface area contributed by atoms with Crippen molar-refractivity contribution in [2.75, 3.05) is 36.9 Å². The quantitative estimate of drug-likeness (QED) is 0.492. The SMILES string of the molecule is Cn1nc(NC=O)nc1NCCCOc1cccc(CN2CCCCC2)c1. The lowest BCUT2D eigenvalue weighted by Crippen LogP contribution is -2.29. The highest BCUT2D eigenvalue weighted by molar-refractivity contribution is 5.66. The average Bonchev–Trinajstić information content (AvgIpc) is 3.02. The lowest BCUT2D eigenvalue weighted by Gasteiger charge is -2.26. The number of carbonyl (C=O) groups excluding carboxylic acids is 1. The number of likely N-dealkylation sites (tertiary alicyclic amines) is 1. The molecule has 0 radical (unpaired) electrons. The second kappa shape index (κ2) is 9.91. The lowest BCUT2D eigenvalue weighted by atomic mass is 10.1. The summed E-state index contributed by atoms with van der Waals surface area (Å²) in [5, 5.41) is 9.69. The molecule has 0 atom stereocenters. The molecule has 1 aromatic carbocycles. The maximum absolute atomic E-state index is 10.4. The van der Waals surface area contributed by atoms with E-state index in [1.807, 2.05) is 6.07 Å². The first-order valence-electron chi connectivity index (χ1n) is 9.54. The molecule has 0 spiro atoms. The summed E-state index contributed by atoms with van der Waals surface area (Å²) < 4.78 is 7.48. The number of benzene rings is 1. The van der Waals surface area contributed by atoms with E-state index in [4.69, 9.17) is 4.74 Å². The Balaban J connectivity index is 1.38. The minimum Gasteiger partial charge on any atom is -0.494 e. The van der Waals surface area contributed by atoms with Gasteiger partial charge in [0.25, 0.3) is 0 Å². The first-order valence-corrected chi connectivity index (χ1v) is 9.54. The van der Waals surface area contributed by atoms with Crippen LogP contribution in [0.4, 0.5) is 11.9 Å². The minimum absolute atomic E-state index is 0.289. The van der Waals surface area contributed by atoms with Gasteiger partial charge in [-0.2, -0.15) is 4.98 Å². The first kappa shape index (κ1) is 19.2. The smallest absolute Gasteiger partial charge is 0.250 e. The van der Waals surface area contributed by atoms with Crippen LogP contribution < -0.4 is 15.4 Å². The summed E-state index contributed by atoms with van der Waals surface area (Å²) >= 11 is 0. The summed E-state index contributed by atoms with van der Waals surface area (Å²) in [6.45, 7) is 4.73. The highest BCUT2D eigenvalue weighted by atomic mass is 16.5. The number of anilines is 2. The van der Waals surface area contributed by atoms with Crippen LogP contribution in [0, 0.1) is 0 Å². The molecule has 1 aliphatic heterocycles. The normalized spacial score (nSPS) is 14.7. The second-order valence-electron chi connectivity index (χ2n) is 6.76. The number of amides is 1. The Morgan fingerprint density at radius 1 is 1.26 bits per heavy atom. The number of piperidine rings is 1. The maximum atomic E-state index is 10.4. The van der Waals surface area contributed by atoms with Crippen molar-refractivity contribution in [1.29, 1.82) is 0 Å². The van der Waals surface area contributed by atoms with Gasteiger partial charge in [-0.3, -0.25) is 15.0 Å². The molecule has 1 aliphatic rings. The molecule has 1 saturated heterocycles. The number of aromatic nitrogens is 3. The van der Waals surface area contributed by atoms with E-state index in [0.29, 0.717) is 25.5 Å². The van der Waals surface area contributed by atoms with E-state index in [1.54, 1.807) is 11.7 Å². The third-order valence-electron chi connectivity index (χ3n) is 4.58. The van der Waals surface area contributed by atoms with Crippen LogP contribution >= 0.6 is 0 Å². The number of carbonyl (C=O) groups is 1. The third-order valence-corrected chi connectivity index (χ3v) is 4.58. The van der Waals surface area contributed by atoms with Gasteiger partial charge in [0.05, 0.1) is 6.61 Å². The van der Waals surface area contributed by atoms with E-state index < -0.39 is 0 Å². The van der Waals surface area contributed by atoms with Crippen molar-refractivity contribution in [1.82, 2.24) is 19.7 Å². The van der Waals surface area contributed by atoms with Gasteiger partial charge in [-0.25, -0.2) is 4.68 Å². The molecule has 0 bridgehead atoms. The van der Waals surface area contributed by atoms with Gasteiger partial charge in [0.15, 0.2) is 0 Å². The van der Waals surface area contributed by atoms with E-state index in [1.165, 1.54) is 37.9 Å². The molecule has 146 valence electrons. The number of hydrogen-bond donors (Lipinski definition) is 2. The summed E-state index contributed by atoms with van der Waals surface area (Å²) in [7, 11) is 1.77. The number of hydrogen-bond acceptors (Lipinski definition) is 6. The fourth-order valence-electron chi connectivity index (χ4n) is 3.22. The van der Waals surface area contributed by atoms with Gasteiger partial charge in [0.1, 0.15) is 5.75 Å². The molecule has 1 aromatic heterocycles. The van der Waals surface area contributed by atoms with Crippen LogP contribution in [0.5, 0.6) is 5.75 Å². The van der Waals surface area contributed by atoms with Crippen LogP contribution in [0.25, 0.3) is 0 Å². The maximum Gasteiger partial charge on any atom is 0.250 e. The molecule has 2 heterocycles. The molecule has 8 heteroatoms. The van der Waals surface area contributed by atoms with E-state index >= 15 is 0 Å². The van der Waals surface area contributed by atoms with Crippen LogP contribution in [0.1, 0.15) is 31.2 Å². The van der Waals surface area contributed by atoms with Gasteiger partial charge in [0, 0.05) is 20.1 Å². The topological polar surface area (TPSA) is 84.3 Å². The van der Waals surface area contributed by atoms with Crippen LogP contribution in [0.3, 0.4) is 0 Å².